The highest BCUT2D eigenvalue weighted by atomic mass is 16.4. The van der Waals surface area contributed by atoms with Crippen LogP contribution >= 0.6 is 0 Å². The molecule has 1 atom stereocenters. The van der Waals surface area contributed by atoms with E-state index in [2.05, 4.69) is 10.6 Å². The van der Waals surface area contributed by atoms with Gasteiger partial charge in [-0.3, -0.25) is 4.79 Å². The number of aliphatic hydroxyl groups excluding tert-OH is 1. The lowest BCUT2D eigenvalue weighted by Gasteiger charge is -2.28. The third kappa shape index (κ3) is 6.07. The molecular weight excluding hydrogens is 360 g/mol. The van der Waals surface area contributed by atoms with Gasteiger partial charge in [0.05, 0.1) is 17.4 Å². The van der Waals surface area contributed by atoms with Gasteiger partial charge in [-0.2, -0.15) is 0 Å². The first-order valence-corrected chi connectivity index (χ1v) is 8.98. The number of aliphatic carboxylic acids is 1. The normalized spacial score (nSPS) is 15.2. The van der Waals surface area contributed by atoms with Crippen LogP contribution in [-0.4, -0.2) is 39.8 Å². The van der Waals surface area contributed by atoms with Gasteiger partial charge in [0.1, 0.15) is 5.75 Å². The van der Waals surface area contributed by atoms with Crippen LogP contribution in [0, 0.1) is 0 Å². The Morgan fingerprint density at radius 1 is 1.36 bits per heavy atom. The van der Waals surface area contributed by atoms with Gasteiger partial charge < -0.3 is 26.0 Å². The summed E-state index contributed by atoms with van der Waals surface area (Å²) in [5.74, 6) is -1.04. The standard InChI is InChI=1S/C21H26N2O5/c1-21(2,11-14-5-3-4-6-16(9-14)20(27)28)23-12-19(26)15-7-8-18(25)17(10-15)22-13-24/h4-10,13,19,23,25-26H,3,11-12H2,1-2H3,(H,22,24)(H,27,28). The minimum atomic E-state index is -0.961. The molecule has 1 aliphatic rings. The third-order valence-corrected chi connectivity index (χ3v) is 4.44. The Kier molecular flexibility index (Phi) is 7.14. The number of benzene rings is 1. The summed E-state index contributed by atoms with van der Waals surface area (Å²) in [7, 11) is 0. The molecule has 0 aromatic heterocycles. The molecular formula is C21H26N2O5. The van der Waals surface area contributed by atoms with Crippen molar-refractivity contribution in [1.29, 1.82) is 0 Å². The zero-order chi connectivity index (χ0) is 20.7. The van der Waals surface area contributed by atoms with Gasteiger partial charge in [0.15, 0.2) is 0 Å². The van der Waals surface area contributed by atoms with E-state index in [0.29, 0.717) is 24.8 Å². The van der Waals surface area contributed by atoms with Crippen LogP contribution in [0.4, 0.5) is 5.69 Å². The summed E-state index contributed by atoms with van der Waals surface area (Å²) in [5, 5.41) is 35.1. The van der Waals surface area contributed by atoms with E-state index in [1.54, 1.807) is 18.2 Å². The number of hydrogen-bond acceptors (Lipinski definition) is 5. The molecule has 1 aromatic carbocycles. The summed E-state index contributed by atoms with van der Waals surface area (Å²) in [4.78, 5) is 21.8. The maximum absolute atomic E-state index is 11.2. The van der Waals surface area contributed by atoms with E-state index >= 15 is 0 Å². The number of carbonyl (C=O) groups excluding carboxylic acids is 1. The smallest absolute Gasteiger partial charge is 0.335 e. The number of carboxylic acid groups (broad SMARTS) is 1. The molecule has 0 bridgehead atoms. The molecule has 0 heterocycles. The predicted molar refractivity (Wildman–Crippen MR) is 107 cm³/mol. The quantitative estimate of drug-likeness (QED) is 0.329. The lowest BCUT2D eigenvalue weighted by molar-refractivity contribution is -0.132. The number of aliphatic hydroxyl groups is 1. The maximum atomic E-state index is 11.2. The molecule has 150 valence electrons. The zero-order valence-corrected chi connectivity index (χ0v) is 16.0. The van der Waals surface area contributed by atoms with Crippen molar-refractivity contribution in [2.75, 3.05) is 11.9 Å². The molecule has 7 nitrogen and oxygen atoms in total. The number of phenols is 1. The number of amides is 1. The Bertz CT molecular complexity index is 824. The van der Waals surface area contributed by atoms with Crippen LogP contribution in [0.3, 0.4) is 0 Å². The second-order valence-electron chi connectivity index (χ2n) is 7.32. The molecule has 0 saturated heterocycles. The number of carbonyl (C=O) groups is 2. The number of aromatic hydroxyl groups is 1. The molecule has 28 heavy (non-hydrogen) atoms. The highest BCUT2D eigenvalue weighted by Crippen LogP contribution is 2.27. The number of rotatable bonds is 9. The minimum Gasteiger partial charge on any atom is -0.506 e. The van der Waals surface area contributed by atoms with Gasteiger partial charge >= 0.3 is 5.97 Å². The number of hydrogen-bond donors (Lipinski definition) is 5. The van der Waals surface area contributed by atoms with E-state index in [1.807, 2.05) is 26.0 Å². The number of β-amino-alcohol motifs (C(OH)–C–C–N with tert-alkyl or cyclic N) is 1. The van der Waals surface area contributed by atoms with E-state index < -0.39 is 17.6 Å². The fourth-order valence-electron chi connectivity index (χ4n) is 2.98. The van der Waals surface area contributed by atoms with Gasteiger partial charge in [-0.1, -0.05) is 24.3 Å². The summed E-state index contributed by atoms with van der Waals surface area (Å²) in [6.07, 6.45) is 7.95. The fourth-order valence-corrected chi connectivity index (χ4v) is 2.98. The first-order valence-electron chi connectivity index (χ1n) is 8.98. The van der Waals surface area contributed by atoms with Crippen molar-refractivity contribution in [3.8, 4) is 5.75 Å². The molecule has 1 aromatic rings. The van der Waals surface area contributed by atoms with Crippen LogP contribution in [-0.2, 0) is 9.59 Å². The molecule has 0 aliphatic heterocycles. The molecule has 0 spiro atoms. The summed E-state index contributed by atoms with van der Waals surface area (Å²) in [5.41, 5.74) is 1.55. The number of phenolic OH excluding ortho intramolecular Hbond substituents is 1. The predicted octanol–water partition coefficient (Wildman–Crippen LogP) is 2.65. The Balaban J connectivity index is 2.01. The van der Waals surface area contributed by atoms with Crippen molar-refractivity contribution in [2.24, 2.45) is 0 Å². The summed E-state index contributed by atoms with van der Waals surface area (Å²) < 4.78 is 0. The van der Waals surface area contributed by atoms with Gasteiger partial charge in [-0.25, -0.2) is 4.79 Å². The molecule has 0 saturated carbocycles. The first kappa shape index (κ1) is 21.4. The highest BCUT2D eigenvalue weighted by molar-refractivity contribution is 5.90. The Morgan fingerprint density at radius 3 is 2.79 bits per heavy atom. The molecule has 0 fully saturated rings. The Hall–Kier alpha value is -2.90. The first-order chi connectivity index (χ1) is 13.2. The second kappa shape index (κ2) is 9.34. The van der Waals surface area contributed by atoms with Gasteiger partial charge in [0.25, 0.3) is 0 Å². The van der Waals surface area contributed by atoms with E-state index in [-0.39, 0.29) is 23.6 Å². The van der Waals surface area contributed by atoms with Crippen LogP contribution in [0.5, 0.6) is 5.75 Å². The van der Waals surface area contributed by atoms with Gasteiger partial charge in [-0.15, -0.1) is 0 Å². The van der Waals surface area contributed by atoms with E-state index in [0.717, 1.165) is 5.57 Å². The molecule has 1 unspecified atom stereocenters. The number of anilines is 1. The summed E-state index contributed by atoms with van der Waals surface area (Å²) in [6.45, 7) is 4.20. The number of nitrogens with one attached hydrogen (secondary N) is 2. The van der Waals surface area contributed by atoms with Crippen molar-refractivity contribution >= 4 is 18.1 Å². The maximum Gasteiger partial charge on any atom is 0.335 e. The topological polar surface area (TPSA) is 119 Å². The molecule has 1 amide bonds. The van der Waals surface area contributed by atoms with Crippen molar-refractivity contribution in [3.63, 3.8) is 0 Å². The molecule has 5 N–H and O–H groups in total. The van der Waals surface area contributed by atoms with Gasteiger partial charge in [-0.05, 0) is 56.0 Å². The average Bonchev–Trinajstić information content (AvgIpc) is 2.87. The SMILES string of the molecule is CC(C)(CC1=CCC=CC(C(=O)O)=C1)NCC(O)c1ccc(O)c(NC=O)c1. The molecule has 1 aliphatic carbocycles. The van der Waals surface area contributed by atoms with E-state index in [4.69, 9.17) is 0 Å². The highest BCUT2D eigenvalue weighted by Gasteiger charge is 2.21. The minimum absolute atomic E-state index is 0.0775. The van der Waals surface area contributed by atoms with Gasteiger partial charge in [0, 0.05) is 12.1 Å². The second-order valence-corrected chi connectivity index (χ2v) is 7.32. The largest absolute Gasteiger partial charge is 0.506 e. The van der Waals surface area contributed by atoms with E-state index in [9.17, 15) is 24.9 Å². The average molecular weight is 386 g/mol. The fraction of sp³-hybridized carbons (Fsp3) is 0.333. The Labute approximate surface area is 164 Å². The molecule has 2 rings (SSSR count). The molecule has 0 radical (unpaired) electrons. The van der Waals surface area contributed by atoms with Gasteiger partial charge in [0.2, 0.25) is 6.41 Å². The van der Waals surface area contributed by atoms with Crippen LogP contribution in [0.1, 0.15) is 38.4 Å². The number of allylic oxidation sites excluding steroid dienone is 3. The Morgan fingerprint density at radius 2 is 2.11 bits per heavy atom. The lowest BCUT2D eigenvalue weighted by Crippen LogP contribution is -2.41. The van der Waals surface area contributed by atoms with Crippen molar-refractivity contribution in [1.82, 2.24) is 5.32 Å². The summed E-state index contributed by atoms with van der Waals surface area (Å²) >= 11 is 0. The zero-order valence-electron chi connectivity index (χ0n) is 16.0. The van der Waals surface area contributed by atoms with Crippen molar-refractivity contribution in [3.05, 3.63) is 59.2 Å². The van der Waals surface area contributed by atoms with Crippen molar-refractivity contribution in [2.45, 2.75) is 38.3 Å². The third-order valence-electron chi connectivity index (χ3n) is 4.44. The van der Waals surface area contributed by atoms with Crippen molar-refractivity contribution < 1.29 is 24.9 Å². The van der Waals surface area contributed by atoms with Crippen LogP contribution < -0.4 is 10.6 Å². The van der Waals surface area contributed by atoms with Crippen LogP contribution in [0.15, 0.2) is 53.6 Å². The molecule has 7 heteroatoms. The lowest BCUT2D eigenvalue weighted by atomic mass is 9.93. The number of carboxylic acids is 1. The monoisotopic (exact) mass is 386 g/mol. The van der Waals surface area contributed by atoms with E-state index in [1.165, 1.54) is 12.1 Å². The van der Waals surface area contributed by atoms with Crippen LogP contribution in [0.25, 0.3) is 0 Å². The van der Waals surface area contributed by atoms with Crippen LogP contribution in [0.2, 0.25) is 0 Å². The summed E-state index contributed by atoms with van der Waals surface area (Å²) in [6, 6.07) is 4.52.